The van der Waals surface area contributed by atoms with Gasteiger partial charge in [0.1, 0.15) is 6.54 Å². The Kier molecular flexibility index (Phi) is 5.40. The first-order valence-corrected chi connectivity index (χ1v) is 7.54. The summed E-state index contributed by atoms with van der Waals surface area (Å²) in [4.78, 5) is 27.1. The van der Waals surface area contributed by atoms with E-state index in [0.717, 1.165) is 5.69 Å². The van der Waals surface area contributed by atoms with Crippen molar-refractivity contribution in [2.45, 2.75) is 6.54 Å². The maximum absolute atomic E-state index is 12.2. The summed E-state index contributed by atoms with van der Waals surface area (Å²) in [5, 5.41) is 10.8. The van der Waals surface area contributed by atoms with Crippen LogP contribution in [0, 0.1) is 0 Å². The Balaban J connectivity index is 2.06. The molecule has 0 atom stereocenters. The van der Waals surface area contributed by atoms with Crippen LogP contribution >= 0.6 is 11.6 Å². The highest BCUT2D eigenvalue weighted by atomic mass is 35.5. The largest absolute Gasteiger partial charge is 0.376 e. The smallest absolute Gasteiger partial charge is 0.277 e. The van der Waals surface area contributed by atoms with E-state index in [1.165, 1.54) is 15.8 Å². The maximum Gasteiger partial charge on any atom is 0.277 e. The number of likely N-dealkylation sites (N-methyl/N-ethyl adjacent to an activating group) is 1. The topological polar surface area (TPSA) is 83.4 Å². The van der Waals surface area contributed by atoms with E-state index in [4.69, 9.17) is 11.6 Å². The highest BCUT2D eigenvalue weighted by Crippen LogP contribution is 2.27. The molecular weight excluding hydrogens is 332 g/mol. The first kappa shape index (κ1) is 17.7. The van der Waals surface area contributed by atoms with Gasteiger partial charge >= 0.3 is 0 Å². The Morgan fingerprint density at radius 1 is 1.25 bits per heavy atom. The van der Waals surface area contributed by atoms with Crippen molar-refractivity contribution in [1.29, 1.82) is 0 Å². The Morgan fingerprint density at radius 3 is 2.54 bits per heavy atom. The normalized spacial score (nSPS) is 10.4. The molecular formula is C15H19ClN6O2. The molecule has 0 spiro atoms. The average molecular weight is 351 g/mol. The third kappa shape index (κ3) is 4.23. The zero-order valence-corrected chi connectivity index (χ0v) is 14.7. The van der Waals surface area contributed by atoms with Crippen molar-refractivity contribution < 1.29 is 9.59 Å². The van der Waals surface area contributed by atoms with Crippen LogP contribution in [0.4, 0.5) is 11.4 Å². The lowest BCUT2D eigenvalue weighted by atomic mass is 10.2. The molecule has 1 aromatic heterocycles. The molecule has 2 amide bonds. The molecule has 1 N–H and O–H groups in total. The minimum atomic E-state index is -0.424. The second kappa shape index (κ2) is 7.31. The summed E-state index contributed by atoms with van der Waals surface area (Å²) in [6.07, 6.45) is 1.42. The van der Waals surface area contributed by atoms with Crippen LogP contribution in [-0.4, -0.2) is 59.9 Å². The Morgan fingerprint density at radius 2 is 1.96 bits per heavy atom. The van der Waals surface area contributed by atoms with Crippen LogP contribution in [0.25, 0.3) is 0 Å². The SMILES string of the molecule is CN(C)C(=O)Cn1cc(C(=O)Nc2ccc(N(C)C)c(Cl)c2)nn1. The fourth-order valence-corrected chi connectivity index (χ4v) is 2.25. The third-order valence-electron chi connectivity index (χ3n) is 3.25. The van der Waals surface area contributed by atoms with Gasteiger partial charge in [-0.25, -0.2) is 4.68 Å². The summed E-state index contributed by atoms with van der Waals surface area (Å²) in [5.74, 6) is -0.565. The van der Waals surface area contributed by atoms with E-state index in [1.807, 2.05) is 25.1 Å². The summed E-state index contributed by atoms with van der Waals surface area (Å²) in [5.41, 5.74) is 1.52. The average Bonchev–Trinajstić information content (AvgIpc) is 2.95. The summed E-state index contributed by atoms with van der Waals surface area (Å²) in [7, 11) is 7.06. The monoisotopic (exact) mass is 350 g/mol. The zero-order valence-electron chi connectivity index (χ0n) is 13.9. The van der Waals surface area contributed by atoms with E-state index in [1.54, 1.807) is 26.2 Å². The molecule has 0 aliphatic carbocycles. The number of aromatic nitrogens is 3. The highest BCUT2D eigenvalue weighted by Gasteiger charge is 2.14. The van der Waals surface area contributed by atoms with Crippen LogP contribution in [0.15, 0.2) is 24.4 Å². The van der Waals surface area contributed by atoms with Gasteiger partial charge < -0.3 is 15.1 Å². The molecule has 0 saturated heterocycles. The molecule has 2 rings (SSSR count). The van der Waals surface area contributed by atoms with Gasteiger partial charge in [0, 0.05) is 33.9 Å². The molecule has 1 aromatic carbocycles. The van der Waals surface area contributed by atoms with Gasteiger partial charge in [0.15, 0.2) is 5.69 Å². The predicted octanol–water partition coefficient (Wildman–Crippen LogP) is 1.34. The first-order valence-electron chi connectivity index (χ1n) is 7.16. The number of anilines is 2. The maximum atomic E-state index is 12.2. The van der Waals surface area contributed by atoms with Crippen LogP contribution < -0.4 is 10.2 Å². The second-order valence-corrected chi connectivity index (χ2v) is 6.01. The number of benzene rings is 1. The summed E-state index contributed by atoms with van der Waals surface area (Å²) < 4.78 is 1.32. The number of rotatable bonds is 5. The van der Waals surface area contributed by atoms with Crippen LogP contribution in [0.5, 0.6) is 0 Å². The summed E-state index contributed by atoms with van der Waals surface area (Å²) in [6.45, 7) is 0.0244. The van der Waals surface area contributed by atoms with Gasteiger partial charge in [-0.05, 0) is 18.2 Å². The molecule has 0 saturated carbocycles. The Hall–Kier alpha value is -2.61. The van der Waals surface area contributed by atoms with Crippen molar-refractivity contribution >= 4 is 34.8 Å². The molecule has 0 unspecified atom stereocenters. The molecule has 0 fully saturated rings. The molecule has 0 aliphatic heterocycles. The highest BCUT2D eigenvalue weighted by molar-refractivity contribution is 6.33. The fourth-order valence-electron chi connectivity index (χ4n) is 1.90. The van der Waals surface area contributed by atoms with Crippen molar-refractivity contribution in [3.8, 4) is 0 Å². The van der Waals surface area contributed by atoms with Gasteiger partial charge in [0.25, 0.3) is 5.91 Å². The minimum absolute atomic E-state index is 0.0244. The molecule has 0 bridgehead atoms. The van der Waals surface area contributed by atoms with Gasteiger partial charge in [-0.3, -0.25) is 9.59 Å². The predicted molar refractivity (Wildman–Crippen MR) is 92.4 cm³/mol. The standard InChI is InChI=1S/C15H19ClN6O2/c1-20(2)13-6-5-10(7-11(13)16)17-15(24)12-8-22(19-18-12)9-14(23)21(3)4/h5-8H,9H2,1-4H3,(H,17,24). The van der Waals surface area contributed by atoms with Crippen LogP contribution in [0.3, 0.4) is 0 Å². The first-order chi connectivity index (χ1) is 11.3. The third-order valence-corrected chi connectivity index (χ3v) is 3.56. The van der Waals surface area contributed by atoms with Crippen molar-refractivity contribution in [3.63, 3.8) is 0 Å². The van der Waals surface area contributed by atoms with Crippen LogP contribution in [0.1, 0.15) is 10.5 Å². The Bertz CT molecular complexity index is 756. The van der Waals surface area contributed by atoms with E-state index in [9.17, 15) is 9.59 Å². The van der Waals surface area contributed by atoms with Gasteiger partial charge in [0.05, 0.1) is 16.9 Å². The molecule has 9 heteroatoms. The fraction of sp³-hybridized carbons (Fsp3) is 0.333. The number of halogens is 1. The van der Waals surface area contributed by atoms with E-state index in [0.29, 0.717) is 10.7 Å². The van der Waals surface area contributed by atoms with E-state index >= 15 is 0 Å². The van der Waals surface area contributed by atoms with Crippen molar-refractivity contribution in [3.05, 3.63) is 35.1 Å². The van der Waals surface area contributed by atoms with E-state index in [-0.39, 0.29) is 18.1 Å². The molecule has 128 valence electrons. The van der Waals surface area contributed by atoms with E-state index in [2.05, 4.69) is 15.6 Å². The minimum Gasteiger partial charge on any atom is -0.376 e. The lowest BCUT2D eigenvalue weighted by Gasteiger charge is -2.15. The van der Waals surface area contributed by atoms with Gasteiger partial charge in [-0.1, -0.05) is 16.8 Å². The summed E-state index contributed by atoms with van der Waals surface area (Å²) >= 11 is 6.18. The number of hydrogen-bond acceptors (Lipinski definition) is 5. The molecule has 0 aliphatic rings. The second-order valence-electron chi connectivity index (χ2n) is 5.60. The zero-order chi connectivity index (χ0) is 17.9. The van der Waals surface area contributed by atoms with Crippen LogP contribution in [-0.2, 0) is 11.3 Å². The molecule has 1 heterocycles. The number of carbonyl (C=O) groups is 2. The summed E-state index contributed by atoms with van der Waals surface area (Å²) in [6, 6.07) is 5.22. The van der Waals surface area contributed by atoms with Crippen molar-refractivity contribution in [1.82, 2.24) is 19.9 Å². The molecule has 24 heavy (non-hydrogen) atoms. The number of carbonyl (C=O) groups excluding carboxylic acids is 2. The van der Waals surface area contributed by atoms with Gasteiger partial charge in [0.2, 0.25) is 5.91 Å². The lowest BCUT2D eigenvalue weighted by Crippen LogP contribution is -2.26. The lowest BCUT2D eigenvalue weighted by molar-refractivity contribution is -0.129. The van der Waals surface area contributed by atoms with Crippen molar-refractivity contribution in [2.24, 2.45) is 0 Å². The number of nitrogens with zero attached hydrogens (tertiary/aromatic N) is 5. The van der Waals surface area contributed by atoms with E-state index < -0.39 is 5.91 Å². The molecule has 2 aromatic rings. The van der Waals surface area contributed by atoms with Gasteiger partial charge in [-0.2, -0.15) is 0 Å². The Labute approximate surface area is 145 Å². The van der Waals surface area contributed by atoms with Crippen LogP contribution in [0.2, 0.25) is 5.02 Å². The quantitative estimate of drug-likeness (QED) is 0.879. The molecule has 0 radical (unpaired) electrons. The molecule has 8 nitrogen and oxygen atoms in total. The number of nitrogens with one attached hydrogen (secondary N) is 1. The van der Waals surface area contributed by atoms with Crippen molar-refractivity contribution in [2.75, 3.05) is 38.4 Å². The number of amides is 2. The number of hydrogen-bond donors (Lipinski definition) is 1. The van der Waals surface area contributed by atoms with Gasteiger partial charge in [-0.15, -0.1) is 5.10 Å².